The van der Waals surface area contributed by atoms with Crippen LogP contribution in [0.3, 0.4) is 0 Å². The fourth-order valence-electron chi connectivity index (χ4n) is 1.94. The zero-order chi connectivity index (χ0) is 18.3. The SMILES string of the molecule is CCN(CCC(=O)O)C(=O)CNC(=O)c1c(Cl)cccc1[N+](=O)[O-]. The van der Waals surface area contributed by atoms with E-state index in [0.717, 1.165) is 6.07 Å². The normalized spacial score (nSPS) is 10.1. The molecule has 0 bridgehead atoms. The van der Waals surface area contributed by atoms with Crippen LogP contribution in [0.2, 0.25) is 5.02 Å². The number of likely N-dealkylation sites (N-methyl/N-ethyl adjacent to an activating group) is 1. The number of halogens is 1. The summed E-state index contributed by atoms with van der Waals surface area (Å²) in [6.45, 7) is 1.52. The fraction of sp³-hybridized carbons (Fsp3) is 0.357. The van der Waals surface area contributed by atoms with Crippen LogP contribution in [-0.2, 0) is 9.59 Å². The van der Waals surface area contributed by atoms with Crippen molar-refractivity contribution in [1.82, 2.24) is 10.2 Å². The molecule has 0 radical (unpaired) electrons. The Morgan fingerprint density at radius 3 is 2.58 bits per heavy atom. The first-order valence-electron chi connectivity index (χ1n) is 6.98. The number of aliphatic carboxylic acids is 1. The highest BCUT2D eigenvalue weighted by molar-refractivity contribution is 6.34. The third-order valence-electron chi connectivity index (χ3n) is 3.15. The Morgan fingerprint density at radius 1 is 1.38 bits per heavy atom. The summed E-state index contributed by atoms with van der Waals surface area (Å²) in [6.07, 6.45) is -0.219. The van der Waals surface area contributed by atoms with E-state index in [1.54, 1.807) is 6.92 Å². The highest BCUT2D eigenvalue weighted by Crippen LogP contribution is 2.25. The molecule has 1 aromatic carbocycles. The summed E-state index contributed by atoms with van der Waals surface area (Å²) in [5, 5.41) is 21.8. The number of carboxylic acids is 1. The van der Waals surface area contributed by atoms with E-state index >= 15 is 0 Å². The Bertz CT molecular complexity index is 664. The zero-order valence-corrected chi connectivity index (χ0v) is 13.6. The standard InChI is InChI=1S/C14H16ClN3O6/c1-2-17(7-6-12(20)21)11(19)8-16-14(22)13-9(15)4-3-5-10(13)18(23)24/h3-5H,2,6-8H2,1H3,(H,16,22)(H,20,21). The minimum absolute atomic E-state index is 0.00672. The molecular weight excluding hydrogens is 342 g/mol. The summed E-state index contributed by atoms with van der Waals surface area (Å²) in [5.74, 6) is -2.39. The van der Waals surface area contributed by atoms with Gasteiger partial charge in [-0.1, -0.05) is 17.7 Å². The highest BCUT2D eigenvalue weighted by atomic mass is 35.5. The van der Waals surface area contributed by atoms with E-state index < -0.39 is 34.9 Å². The van der Waals surface area contributed by atoms with Gasteiger partial charge in [-0.25, -0.2) is 0 Å². The molecule has 0 atom stereocenters. The summed E-state index contributed by atoms with van der Waals surface area (Å²) in [4.78, 5) is 46.1. The largest absolute Gasteiger partial charge is 0.481 e. The van der Waals surface area contributed by atoms with Gasteiger partial charge in [0.05, 0.1) is 22.9 Å². The smallest absolute Gasteiger partial charge is 0.305 e. The van der Waals surface area contributed by atoms with Crippen molar-refractivity contribution >= 4 is 35.1 Å². The number of hydrogen-bond donors (Lipinski definition) is 2. The molecule has 0 aliphatic heterocycles. The van der Waals surface area contributed by atoms with Crippen LogP contribution in [0.1, 0.15) is 23.7 Å². The van der Waals surface area contributed by atoms with Crippen molar-refractivity contribution in [3.05, 3.63) is 38.9 Å². The lowest BCUT2D eigenvalue weighted by Crippen LogP contribution is -2.41. The van der Waals surface area contributed by atoms with Crippen LogP contribution in [0.4, 0.5) is 5.69 Å². The first-order chi connectivity index (χ1) is 11.3. The Labute approximate surface area is 142 Å². The van der Waals surface area contributed by atoms with Gasteiger partial charge in [-0.2, -0.15) is 0 Å². The Hall–Kier alpha value is -2.68. The molecule has 0 heterocycles. The maximum Gasteiger partial charge on any atom is 0.305 e. The molecular formula is C14H16ClN3O6. The van der Waals surface area contributed by atoms with E-state index in [0.29, 0.717) is 0 Å². The molecule has 10 heteroatoms. The number of carbonyl (C=O) groups is 3. The number of nitrogens with one attached hydrogen (secondary N) is 1. The second-order valence-electron chi connectivity index (χ2n) is 4.69. The molecule has 0 saturated carbocycles. The van der Waals surface area contributed by atoms with Crippen LogP contribution in [0, 0.1) is 10.1 Å². The van der Waals surface area contributed by atoms with Gasteiger partial charge >= 0.3 is 5.97 Å². The predicted octanol–water partition coefficient (Wildman–Crippen LogP) is 1.30. The summed E-state index contributed by atoms with van der Waals surface area (Å²) in [7, 11) is 0. The number of nitrogens with zero attached hydrogens (tertiary/aromatic N) is 2. The van der Waals surface area contributed by atoms with E-state index in [1.807, 2.05) is 0 Å². The van der Waals surface area contributed by atoms with Gasteiger partial charge in [0.15, 0.2) is 0 Å². The molecule has 0 aliphatic carbocycles. The Morgan fingerprint density at radius 2 is 2.04 bits per heavy atom. The van der Waals surface area contributed by atoms with Crippen molar-refractivity contribution in [1.29, 1.82) is 0 Å². The van der Waals surface area contributed by atoms with E-state index in [1.165, 1.54) is 17.0 Å². The van der Waals surface area contributed by atoms with Crippen molar-refractivity contribution in [2.24, 2.45) is 0 Å². The predicted molar refractivity (Wildman–Crippen MR) is 84.9 cm³/mol. The van der Waals surface area contributed by atoms with Gasteiger partial charge in [0.1, 0.15) is 5.56 Å². The monoisotopic (exact) mass is 357 g/mol. The molecule has 0 aliphatic rings. The van der Waals surface area contributed by atoms with Crippen LogP contribution in [0.5, 0.6) is 0 Å². The average molecular weight is 358 g/mol. The molecule has 0 spiro atoms. The molecule has 9 nitrogen and oxygen atoms in total. The average Bonchev–Trinajstić information content (AvgIpc) is 2.52. The Balaban J connectivity index is 2.77. The van der Waals surface area contributed by atoms with Gasteiger partial charge in [-0.15, -0.1) is 0 Å². The lowest BCUT2D eigenvalue weighted by molar-refractivity contribution is -0.385. The first-order valence-corrected chi connectivity index (χ1v) is 7.36. The topological polar surface area (TPSA) is 130 Å². The maximum atomic E-state index is 12.1. The fourth-order valence-corrected chi connectivity index (χ4v) is 2.19. The number of carboxylic acid groups (broad SMARTS) is 1. The minimum Gasteiger partial charge on any atom is -0.481 e. The molecule has 0 unspecified atom stereocenters. The molecule has 0 fully saturated rings. The second-order valence-corrected chi connectivity index (χ2v) is 5.10. The number of nitro groups is 1. The number of nitro benzene ring substituents is 1. The quantitative estimate of drug-likeness (QED) is 0.532. The van der Waals surface area contributed by atoms with Gasteiger partial charge in [-0.3, -0.25) is 24.5 Å². The highest BCUT2D eigenvalue weighted by Gasteiger charge is 2.24. The number of benzene rings is 1. The number of amides is 2. The summed E-state index contributed by atoms with van der Waals surface area (Å²) in [5.41, 5.74) is -0.795. The van der Waals surface area contributed by atoms with Crippen LogP contribution >= 0.6 is 11.6 Å². The van der Waals surface area contributed by atoms with Crippen molar-refractivity contribution < 1.29 is 24.4 Å². The van der Waals surface area contributed by atoms with Crippen LogP contribution in [0.15, 0.2) is 18.2 Å². The molecule has 1 aromatic rings. The van der Waals surface area contributed by atoms with E-state index in [2.05, 4.69) is 5.32 Å². The third kappa shape index (κ3) is 5.20. The first kappa shape index (κ1) is 19.4. The molecule has 24 heavy (non-hydrogen) atoms. The summed E-state index contributed by atoms with van der Waals surface area (Å²) >= 11 is 5.83. The van der Waals surface area contributed by atoms with Crippen molar-refractivity contribution in [3.63, 3.8) is 0 Å². The van der Waals surface area contributed by atoms with Gasteiger partial charge < -0.3 is 15.3 Å². The van der Waals surface area contributed by atoms with Crippen LogP contribution in [-0.4, -0.2) is 52.3 Å². The van der Waals surface area contributed by atoms with Gasteiger partial charge in [0.2, 0.25) is 5.91 Å². The van der Waals surface area contributed by atoms with Crippen molar-refractivity contribution in [2.45, 2.75) is 13.3 Å². The molecule has 130 valence electrons. The van der Waals surface area contributed by atoms with E-state index in [9.17, 15) is 24.5 Å². The van der Waals surface area contributed by atoms with E-state index in [-0.39, 0.29) is 30.1 Å². The van der Waals surface area contributed by atoms with Crippen LogP contribution < -0.4 is 5.32 Å². The third-order valence-corrected chi connectivity index (χ3v) is 3.46. The second kappa shape index (κ2) is 8.82. The van der Waals surface area contributed by atoms with Crippen LogP contribution in [0.25, 0.3) is 0 Å². The minimum atomic E-state index is -1.04. The molecule has 0 saturated heterocycles. The zero-order valence-electron chi connectivity index (χ0n) is 12.8. The van der Waals surface area contributed by atoms with Gasteiger partial charge in [0.25, 0.3) is 11.6 Å². The lowest BCUT2D eigenvalue weighted by atomic mass is 10.1. The number of rotatable bonds is 8. The molecule has 2 amide bonds. The maximum absolute atomic E-state index is 12.1. The van der Waals surface area contributed by atoms with Crippen molar-refractivity contribution in [3.8, 4) is 0 Å². The summed E-state index contributed by atoms with van der Waals surface area (Å²) in [6, 6.07) is 3.80. The Kier molecular flexibility index (Phi) is 7.12. The van der Waals surface area contributed by atoms with Crippen molar-refractivity contribution in [2.75, 3.05) is 19.6 Å². The van der Waals surface area contributed by atoms with Gasteiger partial charge in [0, 0.05) is 19.2 Å². The lowest BCUT2D eigenvalue weighted by Gasteiger charge is -2.20. The molecule has 1 rings (SSSR count). The number of hydrogen-bond acceptors (Lipinski definition) is 5. The molecule has 2 N–H and O–H groups in total. The summed E-state index contributed by atoms with van der Waals surface area (Å²) < 4.78 is 0. The van der Waals surface area contributed by atoms with Gasteiger partial charge in [-0.05, 0) is 13.0 Å². The molecule has 0 aromatic heterocycles. The van der Waals surface area contributed by atoms with E-state index in [4.69, 9.17) is 16.7 Å². The number of carbonyl (C=O) groups excluding carboxylic acids is 2.